The Balaban J connectivity index is 0.846. The van der Waals surface area contributed by atoms with Crippen LogP contribution in [0.4, 0.5) is 17.1 Å². The van der Waals surface area contributed by atoms with Crippen molar-refractivity contribution < 1.29 is 4.42 Å². The smallest absolute Gasteiger partial charge is 0.139 e. The second kappa shape index (κ2) is 15.8. The lowest BCUT2D eigenvalue weighted by molar-refractivity contribution is 0.661. The molecule has 0 aliphatic heterocycles. The fourth-order valence-corrected chi connectivity index (χ4v) is 11.6. The first-order valence-electron chi connectivity index (χ1n) is 22.6. The highest BCUT2D eigenvalue weighted by Crippen LogP contribution is 2.47. The second-order valence-corrected chi connectivity index (χ2v) is 18.2. The molecule has 0 spiro atoms. The quantitative estimate of drug-likeness (QED) is 0.112. The van der Waals surface area contributed by atoms with Crippen LogP contribution in [-0.2, 0) is 0 Å². The summed E-state index contributed by atoms with van der Waals surface area (Å²) in [7, 11) is 0. The zero-order chi connectivity index (χ0) is 43.6. The van der Waals surface area contributed by atoms with Crippen molar-refractivity contribution in [1.82, 2.24) is 0 Å². The van der Waals surface area contributed by atoms with Crippen LogP contribution in [0.15, 0.2) is 247 Å². The molecule has 66 heavy (non-hydrogen) atoms. The third-order valence-electron chi connectivity index (χ3n) is 13.4. The molecule has 0 N–H and O–H groups in total. The largest absolute Gasteiger partial charge is 0.456 e. The van der Waals surface area contributed by atoms with E-state index >= 15 is 0 Å². The number of benzene rings is 11. The Kier molecular flexibility index (Phi) is 9.14. The van der Waals surface area contributed by atoms with Crippen LogP contribution in [0.3, 0.4) is 0 Å². The summed E-state index contributed by atoms with van der Waals surface area (Å²) in [5.74, 6) is 0.0220. The first-order valence-corrected chi connectivity index (χ1v) is 23.4. The lowest BCUT2D eigenvalue weighted by Gasteiger charge is -2.26. The van der Waals surface area contributed by atoms with Crippen LogP contribution in [0.5, 0.6) is 0 Å². The molecule has 1 unspecified atom stereocenters. The first-order chi connectivity index (χ1) is 32.7. The van der Waals surface area contributed by atoms with E-state index < -0.39 is 0 Å². The molecule has 0 radical (unpaired) electrons. The monoisotopic (exact) mass is 859 g/mol. The molecule has 2 nitrogen and oxygen atoms in total. The SMILES string of the molecule is c1ccc(C(c2ccc(-c3ccc(-c4ccc5c(c4)sc4c6ccc(N(c7ccccc7)c7ccccc7)cc6c6ccccc6c54)cc3)cc2)c2cccc3c2oc2ccccc23)cc1. The molecule has 13 rings (SSSR count). The van der Waals surface area contributed by atoms with Gasteiger partial charge in [-0.3, -0.25) is 0 Å². The van der Waals surface area contributed by atoms with E-state index in [9.17, 15) is 0 Å². The summed E-state index contributed by atoms with van der Waals surface area (Å²) in [4.78, 5) is 2.35. The lowest BCUT2D eigenvalue weighted by atomic mass is 9.84. The summed E-state index contributed by atoms with van der Waals surface area (Å²) in [6.45, 7) is 0. The van der Waals surface area contributed by atoms with Gasteiger partial charge in [0.15, 0.2) is 0 Å². The number of anilines is 3. The van der Waals surface area contributed by atoms with Gasteiger partial charge in [-0.2, -0.15) is 0 Å². The Bertz CT molecular complexity index is 3870. The Morgan fingerprint density at radius 2 is 0.894 bits per heavy atom. The molecule has 1 atom stereocenters. The average molecular weight is 860 g/mol. The van der Waals surface area contributed by atoms with Crippen LogP contribution in [0.2, 0.25) is 0 Å². The molecular weight excluding hydrogens is 819 g/mol. The zero-order valence-electron chi connectivity index (χ0n) is 35.9. The van der Waals surface area contributed by atoms with Gasteiger partial charge in [0.1, 0.15) is 11.2 Å². The molecule has 0 saturated carbocycles. The van der Waals surface area contributed by atoms with Crippen molar-refractivity contribution in [1.29, 1.82) is 0 Å². The Hall–Kier alpha value is -8.24. The predicted octanol–water partition coefficient (Wildman–Crippen LogP) is 18.2. The van der Waals surface area contributed by atoms with E-state index in [0.717, 1.165) is 39.0 Å². The van der Waals surface area contributed by atoms with Gasteiger partial charge in [-0.25, -0.2) is 0 Å². The van der Waals surface area contributed by atoms with Crippen LogP contribution in [0, 0.1) is 0 Å². The maximum atomic E-state index is 6.56. The molecule has 0 fully saturated rings. The van der Waals surface area contributed by atoms with Gasteiger partial charge in [0, 0.05) is 64.9 Å². The Morgan fingerprint density at radius 3 is 1.61 bits per heavy atom. The van der Waals surface area contributed by atoms with E-state index in [4.69, 9.17) is 4.42 Å². The summed E-state index contributed by atoms with van der Waals surface area (Å²) in [5.41, 5.74) is 13.7. The fraction of sp³-hybridized carbons (Fsp3) is 0.0159. The van der Waals surface area contributed by atoms with Crippen LogP contribution in [0.25, 0.3) is 85.9 Å². The van der Waals surface area contributed by atoms with Gasteiger partial charge in [0.2, 0.25) is 0 Å². The molecular formula is C63H41NOS. The fourth-order valence-electron chi connectivity index (χ4n) is 10.3. The number of para-hydroxylation sites is 4. The van der Waals surface area contributed by atoms with Crippen molar-refractivity contribution in [2.24, 2.45) is 0 Å². The van der Waals surface area contributed by atoms with E-state index in [0.29, 0.717) is 0 Å². The van der Waals surface area contributed by atoms with Gasteiger partial charge in [0.05, 0.1) is 0 Å². The van der Waals surface area contributed by atoms with E-state index in [2.05, 4.69) is 241 Å². The molecule has 0 amide bonds. The van der Waals surface area contributed by atoms with Crippen LogP contribution >= 0.6 is 11.3 Å². The molecule has 310 valence electrons. The second-order valence-electron chi connectivity index (χ2n) is 17.2. The first kappa shape index (κ1) is 38.2. The van der Waals surface area contributed by atoms with Gasteiger partial charge >= 0.3 is 0 Å². The van der Waals surface area contributed by atoms with E-state index in [1.165, 1.54) is 80.7 Å². The number of furan rings is 1. The minimum atomic E-state index is 0.0220. The van der Waals surface area contributed by atoms with Crippen molar-refractivity contribution in [3.63, 3.8) is 0 Å². The molecule has 2 heterocycles. The standard InChI is InChI=1S/C63H41NOS/c1-4-15-44(16-5-1)60(56-25-14-24-53-51-22-12-13-26-58(51)65-62(53)56)45-33-31-42(32-34-45)41-27-29-43(30-28-41)46-35-37-55-59(39-46)66-63-54-38-36-49(40-57(54)50-21-10-11-23-52(50)61(55)63)64(47-17-6-2-7-18-47)48-19-8-3-9-20-48/h1-40,60H. The normalized spacial score (nSPS) is 12.2. The highest BCUT2D eigenvalue weighted by atomic mass is 32.1. The maximum absolute atomic E-state index is 6.56. The van der Waals surface area contributed by atoms with E-state index in [1.54, 1.807) is 0 Å². The molecule has 2 aromatic heterocycles. The summed E-state index contributed by atoms with van der Waals surface area (Å²) in [5, 5.41) is 10.1. The van der Waals surface area contributed by atoms with Gasteiger partial charge in [-0.05, 0) is 98.1 Å². The number of hydrogen-bond donors (Lipinski definition) is 0. The zero-order valence-corrected chi connectivity index (χ0v) is 36.8. The number of fused-ring (bicyclic) bond motifs is 11. The molecule has 0 saturated heterocycles. The van der Waals surface area contributed by atoms with E-state index in [1.807, 2.05) is 17.4 Å². The highest BCUT2D eigenvalue weighted by molar-refractivity contribution is 7.27. The van der Waals surface area contributed by atoms with Gasteiger partial charge in [-0.15, -0.1) is 11.3 Å². The average Bonchev–Trinajstić information content (AvgIpc) is 3.97. The molecule has 11 aromatic carbocycles. The Labute approximate surface area is 386 Å². The number of rotatable bonds is 8. The summed E-state index contributed by atoms with van der Waals surface area (Å²) in [6.07, 6.45) is 0. The third kappa shape index (κ3) is 6.39. The van der Waals surface area contributed by atoms with Crippen molar-refractivity contribution in [2.75, 3.05) is 4.90 Å². The minimum Gasteiger partial charge on any atom is -0.456 e. The lowest BCUT2D eigenvalue weighted by Crippen LogP contribution is -2.09. The third-order valence-corrected chi connectivity index (χ3v) is 14.6. The van der Waals surface area contributed by atoms with Gasteiger partial charge in [0.25, 0.3) is 0 Å². The van der Waals surface area contributed by atoms with Crippen molar-refractivity contribution >= 4 is 92.1 Å². The summed E-state index contributed by atoms with van der Waals surface area (Å²) < 4.78 is 9.18. The maximum Gasteiger partial charge on any atom is 0.139 e. The number of hydrogen-bond acceptors (Lipinski definition) is 3. The van der Waals surface area contributed by atoms with Gasteiger partial charge < -0.3 is 9.32 Å². The van der Waals surface area contributed by atoms with Gasteiger partial charge in [-0.1, -0.05) is 194 Å². The van der Waals surface area contributed by atoms with Crippen molar-refractivity contribution in [2.45, 2.75) is 5.92 Å². The molecule has 13 aromatic rings. The summed E-state index contributed by atoms with van der Waals surface area (Å²) >= 11 is 1.90. The van der Waals surface area contributed by atoms with Crippen LogP contribution < -0.4 is 4.90 Å². The van der Waals surface area contributed by atoms with E-state index in [-0.39, 0.29) is 5.92 Å². The minimum absolute atomic E-state index is 0.0220. The summed E-state index contributed by atoms with van der Waals surface area (Å²) in [6, 6.07) is 88.1. The van der Waals surface area contributed by atoms with Crippen LogP contribution in [-0.4, -0.2) is 0 Å². The topological polar surface area (TPSA) is 16.4 Å². The molecule has 0 aliphatic carbocycles. The Morgan fingerprint density at radius 1 is 0.348 bits per heavy atom. The molecule has 3 heteroatoms. The van der Waals surface area contributed by atoms with Crippen molar-refractivity contribution in [3.05, 3.63) is 259 Å². The predicted molar refractivity (Wildman–Crippen MR) is 281 cm³/mol. The van der Waals surface area contributed by atoms with Crippen molar-refractivity contribution in [3.8, 4) is 22.3 Å². The number of thiophene rings is 1. The van der Waals surface area contributed by atoms with Crippen LogP contribution in [0.1, 0.15) is 22.6 Å². The number of nitrogens with zero attached hydrogens (tertiary/aromatic N) is 1. The molecule has 0 aliphatic rings. The highest BCUT2D eigenvalue weighted by Gasteiger charge is 2.23. The molecule has 0 bridgehead atoms.